The van der Waals surface area contributed by atoms with Gasteiger partial charge in [-0.05, 0) is 36.8 Å². The van der Waals surface area contributed by atoms with Crippen molar-refractivity contribution >= 4 is 35.2 Å². The maximum atomic E-state index is 12.3. The number of nitrogens with one attached hydrogen (secondary N) is 1. The summed E-state index contributed by atoms with van der Waals surface area (Å²) in [5.41, 5.74) is 1.47. The Bertz CT molecular complexity index is 852. The van der Waals surface area contributed by atoms with Crippen molar-refractivity contribution < 1.29 is 19.0 Å². The van der Waals surface area contributed by atoms with Crippen LogP contribution in [-0.4, -0.2) is 27.2 Å². The van der Waals surface area contributed by atoms with Crippen LogP contribution in [0.25, 0.3) is 6.08 Å². The Labute approximate surface area is 168 Å². The third-order valence-corrected chi connectivity index (χ3v) is 4.50. The first kappa shape index (κ1) is 20.9. The van der Waals surface area contributed by atoms with Gasteiger partial charge in [0.1, 0.15) is 5.75 Å². The zero-order chi connectivity index (χ0) is 20.0. The summed E-state index contributed by atoms with van der Waals surface area (Å²) in [5.74, 6) is 1.37. The average molecular weight is 410 g/mol. The highest BCUT2D eigenvalue weighted by Gasteiger charge is 2.13. The molecule has 144 valence electrons. The van der Waals surface area contributed by atoms with E-state index in [1.807, 2.05) is 6.92 Å². The Hall–Kier alpha value is -2.37. The van der Waals surface area contributed by atoms with E-state index < -0.39 is 0 Å². The highest BCUT2D eigenvalue weighted by Crippen LogP contribution is 2.35. The lowest BCUT2D eigenvalue weighted by Gasteiger charge is -2.15. The molecule has 0 saturated carbocycles. The van der Waals surface area contributed by atoms with E-state index in [4.69, 9.17) is 37.4 Å². The van der Waals surface area contributed by atoms with E-state index >= 15 is 0 Å². The van der Waals surface area contributed by atoms with Crippen LogP contribution in [0.4, 0.5) is 0 Å². The Balaban J connectivity index is 2.16. The average Bonchev–Trinajstić information content (AvgIpc) is 2.65. The molecule has 2 aromatic rings. The summed E-state index contributed by atoms with van der Waals surface area (Å²) in [5, 5.41) is 3.91. The maximum absolute atomic E-state index is 12.3. The maximum Gasteiger partial charge on any atom is 0.244 e. The van der Waals surface area contributed by atoms with Crippen LogP contribution in [0.15, 0.2) is 36.4 Å². The Kier molecular flexibility index (Phi) is 7.39. The van der Waals surface area contributed by atoms with Crippen LogP contribution in [0.3, 0.4) is 0 Å². The molecule has 1 unspecified atom stereocenters. The highest BCUT2D eigenvalue weighted by molar-refractivity contribution is 6.35. The second-order valence-electron chi connectivity index (χ2n) is 5.68. The van der Waals surface area contributed by atoms with E-state index in [2.05, 4.69) is 5.32 Å². The van der Waals surface area contributed by atoms with Crippen LogP contribution in [0, 0.1) is 0 Å². The zero-order valence-corrected chi connectivity index (χ0v) is 17.0. The van der Waals surface area contributed by atoms with E-state index in [9.17, 15) is 4.79 Å². The minimum Gasteiger partial charge on any atom is -0.496 e. The molecule has 0 bridgehead atoms. The van der Waals surface area contributed by atoms with Crippen LogP contribution < -0.4 is 19.5 Å². The molecule has 0 fully saturated rings. The lowest BCUT2D eigenvalue weighted by molar-refractivity contribution is -0.117. The molecule has 2 aromatic carbocycles. The molecule has 5 nitrogen and oxygen atoms in total. The van der Waals surface area contributed by atoms with Gasteiger partial charge >= 0.3 is 0 Å². The Morgan fingerprint density at radius 1 is 1.00 bits per heavy atom. The second kappa shape index (κ2) is 9.53. The van der Waals surface area contributed by atoms with Crippen LogP contribution >= 0.6 is 23.2 Å². The van der Waals surface area contributed by atoms with E-state index in [1.165, 1.54) is 6.08 Å². The summed E-state index contributed by atoms with van der Waals surface area (Å²) in [7, 11) is 4.63. The highest BCUT2D eigenvalue weighted by atomic mass is 35.5. The van der Waals surface area contributed by atoms with Gasteiger partial charge in [-0.1, -0.05) is 29.3 Å². The van der Waals surface area contributed by atoms with Gasteiger partial charge in [-0.2, -0.15) is 0 Å². The summed E-state index contributed by atoms with van der Waals surface area (Å²) < 4.78 is 15.9. The monoisotopic (exact) mass is 409 g/mol. The molecule has 0 aromatic heterocycles. The van der Waals surface area contributed by atoms with Crippen LogP contribution in [0.5, 0.6) is 17.2 Å². The lowest BCUT2D eigenvalue weighted by atomic mass is 10.1. The predicted octanol–water partition coefficient (Wildman–Crippen LogP) is 4.91. The van der Waals surface area contributed by atoms with Gasteiger partial charge in [-0.25, -0.2) is 0 Å². The third-order valence-electron chi connectivity index (χ3n) is 3.94. The van der Waals surface area contributed by atoms with Gasteiger partial charge in [0.15, 0.2) is 11.5 Å². The van der Waals surface area contributed by atoms with Crippen molar-refractivity contribution in [1.82, 2.24) is 5.32 Å². The number of ether oxygens (including phenoxy) is 3. The molecule has 1 atom stereocenters. The number of hydrogen-bond donors (Lipinski definition) is 1. The molecule has 0 spiro atoms. The number of hydrogen-bond acceptors (Lipinski definition) is 4. The van der Waals surface area contributed by atoms with Crippen LogP contribution in [-0.2, 0) is 4.79 Å². The first-order chi connectivity index (χ1) is 12.9. The second-order valence-corrected chi connectivity index (χ2v) is 6.52. The van der Waals surface area contributed by atoms with E-state index in [0.29, 0.717) is 32.9 Å². The molecular weight excluding hydrogens is 389 g/mol. The van der Waals surface area contributed by atoms with Gasteiger partial charge in [0.05, 0.1) is 27.4 Å². The molecule has 1 N–H and O–H groups in total. The summed E-state index contributed by atoms with van der Waals surface area (Å²) in [6, 6.07) is 8.32. The topological polar surface area (TPSA) is 56.8 Å². The van der Waals surface area contributed by atoms with Gasteiger partial charge in [0.25, 0.3) is 0 Å². The van der Waals surface area contributed by atoms with E-state index in [0.717, 1.165) is 5.56 Å². The van der Waals surface area contributed by atoms with Crippen molar-refractivity contribution in [2.75, 3.05) is 21.3 Å². The van der Waals surface area contributed by atoms with Crippen LogP contribution in [0.2, 0.25) is 10.0 Å². The zero-order valence-electron chi connectivity index (χ0n) is 15.5. The van der Waals surface area contributed by atoms with Crippen molar-refractivity contribution in [3.63, 3.8) is 0 Å². The number of methoxy groups -OCH3 is 3. The molecule has 0 radical (unpaired) electrons. The molecule has 0 heterocycles. The quantitative estimate of drug-likeness (QED) is 0.659. The SMILES string of the molecule is COc1cc(OC)c(OC)cc1/C=C/C(=O)NC(C)c1ccc(Cl)cc1Cl. The normalized spacial score (nSPS) is 11.9. The van der Waals surface area contributed by atoms with Crippen molar-refractivity contribution in [2.24, 2.45) is 0 Å². The number of amides is 1. The lowest BCUT2D eigenvalue weighted by Crippen LogP contribution is -2.24. The standard InChI is InChI=1S/C20H21Cl2NO4/c1-12(15-7-6-14(21)10-16(15)22)23-20(24)8-5-13-9-18(26-3)19(27-4)11-17(13)25-2/h5-12H,1-4H3,(H,23,24)/b8-5+. The summed E-state index contributed by atoms with van der Waals surface area (Å²) in [6.07, 6.45) is 3.07. The molecule has 0 aliphatic carbocycles. The molecule has 7 heteroatoms. The molecule has 2 rings (SSSR count). The molecule has 1 amide bonds. The first-order valence-corrected chi connectivity index (χ1v) is 8.88. The minimum atomic E-state index is -0.279. The fraction of sp³-hybridized carbons (Fsp3) is 0.250. The number of halogens is 2. The summed E-state index contributed by atoms with van der Waals surface area (Å²) >= 11 is 12.1. The van der Waals surface area contributed by atoms with Crippen molar-refractivity contribution in [3.05, 3.63) is 57.6 Å². The van der Waals surface area contributed by atoms with Crippen molar-refractivity contribution in [2.45, 2.75) is 13.0 Å². The molecule has 27 heavy (non-hydrogen) atoms. The molecule has 0 aliphatic rings. The smallest absolute Gasteiger partial charge is 0.244 e. The molecular formula is C20H21Cl2NO4. The third kappa shape index (κ3) is 5.31. The van der Waals surface area contributed by atoms with Crippen LogP contribution in [0.1, 0.15) is 24.1 Å². The van der Waals surface area contributed by atoms with E-state index in [-0.39, 0.29) is 11.9 Å². The summed E-state index contributed by atoms with van der Waals surface area (Å²) in [6.45, 7) is 1.85. The van der Waals surface area contributed by atoms with Gasteiger partial charge in [-0.15, -0.1) is 0 Å². The minimum absolute atomic E-state index is 0.273. The van der Waals surface area contributed by atoms with Crippen molar-refractivity contribution in [3.8, 4) is 17.2 Å². The Morgan fingerprint density at radius 3 is 2.22 bits per heavy atom. The van der Waals surface area contributed by atoms with Gasteiger partial charge in [-0.3, -0.25) is 4.79 Å². The van der Waals surface area contributed by atoms with E-state index in [1.54, 1.807) is 57.7 Å². The fourth-order valence-corrected chi connectivity index (χ4v) is 3.11. The van der Waals surface area contributed by atoms with Crippen molar-refractivity contribution in [1.29, 1.82) is 0 Å². The molecule has 0 aliphatic heterocycles. The number of rotatable bonds is 7. The Morgan fingerprint density at radius 2 is 1.63 bits per heavy atom. The predicted molar refractivity (Wildman–Crippen MR) is 108 cm³/mol. The first-order valence-electron chi connectivity index (χ1n) is 8.13. The van der Waals surface area contributed by atoms with Gasteiger partial charge in [0.2, 0.25) is 5.91 Å². The fourth-order valence-electron chi connectivity index (χ4n) is 2.54. The number of carbonyl (C=O) groups is 1. The summed E-state index contributed by atoms with van der Waals surface area (Å²) in [4.78, 5) is 12.3. The molecule has 0 saturated heterocycles. The number of benzene rings is 2. The largest absolute Gasteiger partial charge is 0.496 e. The van der Waals surface area contributed by atoms with Gasteiger partial charge in [0, 0.05) is 27.8 Å². The van der Waals surface area contributed by atoms with Gasteiger partial charge < -0.3 is 19.5 Å². The number of carbonyl (C=O) groups excluding carboxylic acids is 1.